The van der Waals surface area contributed by atoms with E-state index in [9.17, 15) is 14.4 Å². The van der Waals surface area contributed by atoms with Crippen LogP contribution in [-0.2, 0) is 4.57 Å². The van der Waals surface area contributed by atoms with Gasteiger partial charge in [0.2, 0.25) is 11.9 Å². The molecule has 5 rings (SSSR count). The summed E-state index contributed by atoms with van der Waals surface area (Å²) in [7, 11) is -4.46. The quantitative estimate of drug-likeness (QED) is 0.174. The first kappa shape index (κ1) is 23.9. The number of fused-ring (bicyclic) bond motifs is 2. The monoisotopic (exact) mass is 506 g/mol. The Morgan fingerprint density at radius 1 is 1.03 bits per heavy atom. The first-order chi connectivity index (χ1) is 17.5. The second-order valence-corrected chi connectivity index (χ2v) is 9.73. The van der Waals surface area contributed by atoms with E-state index in [0.29, 0.717) is 13.1 Å². The molecule has 3 aromatic rings. The molecule has 0 radical (unpaired) electrons. The standard InChI is InChI=1S/C24H27N8O3P/c1-2-31(23-25-11-12-26-23)29-16-22-19-9-5-3-7-17(19)21(18-8-4-6-10-20(18)22)15-28-30-24-27-13-14-32(24)36(33,34)35/h3-10,15-16H,2,11-14H2,1H3,(H,25,26)(H,27,30)(H2,33,34,35). The number of benzene rings is 3. The molecule has 0 fully saturated rings. The summed E-state index contributed by atoms with van der Waals surface area (Å²) in [6, 6.07) is 16.0. The second kappa shape index (κ2) is 10.1. The minimum absolute atomic E-state index is 0.0556. The highest BCUT2D eigenvalue weighted by molar-refractivity contribution is 7.50. The van der Waals surface area contributed by atoms with Gasteiger partial charge in [-0.25, -0.2) is 29.7 Å². The van der Waals surface area contributed by atoms with E-state index in [-0.39, 0.29) is 12.5 Å². The van der Waals surface area contributed by atoms with Crippen molar-refractivity contribution in [1.29, 1.82) is 0 Å². The number of aliphatic imine (C=N–C) groups is 2. The Morgan fingerprint density at radius 3 is 2.17 bits per heavy atom. The molecule has 0 amide bonds. The molecule has 186 valence electrons. The molecule has 2 heterocycles. The normalized spacial score (nSPS) is 16.2. The molecule has 0 aliphatic carbocycles. The van der Waals surface area contributed by atoms with Gasteiger partial charge in [-0.15, -0.1) is 0 Å². The van der Waals surface area contributed by atoms with Crippen LogP contribution in [0.5, 0.6) is 0 Å². The molecule has 0 aromatic heterocycles. The molecule has 0 spiro atoms. The Morgan fingerprint density at radius 2 is 1.64 bits per heavy atom. The molecule has 0 unspecified atom stereocenters. The summed E-state index contributed by atoms with van der Waals surface area (Å²) < 4.78 is 12.6. The molecular weight excluding hydrogens is 479 g/mol. The van der Waals surface area contributed by atoms with Crippen molar-refractivity contribution in [2.45, 2.75) is 6.92 Å². The zero-order valence-corrected chi connectivity index (χ0v) is 20.6. The second-order valence-electron chi connectivity index (χ2n) is 8.22. The van der Waals surface area contributed by atoms with Crippen LogP contribution in [-0.4, -0.2) is 76.5 Å². The molecule has 11 nitrogen and oxygen atoms in total. The van der Waals surface area contributed by atoms with Crippen molar-refractivity contribution in [1.82, 2.24) is 20.4 Å². The smallest absolute Gasteiger partial charge is 0.353 e. The van der Waals surface area contributed by atoms with Crippen LogP contribution in [0.3, 0.4) is 0 Å². The first-order valence-corrected chi connectivity index (χ1v) is 13.2. The van der Waals surface area contributed by atoms with Crippen molar-refractivity contribution in [3.8, 4) is 0 Å². The molecule has 0 saturated heterocycles. The fourth-order valence-corrected chi connectivity index (χ4v) is 5.09. The van der Waals surface area contributed by atoms with Gasteiger partial charge in [-0.3, -0.25) is 0 Å². The van der Waals surface area contributed by atoms with E-state index in [2.05, 4.69) is 25.8 Å². The molecule has 0 atom stereocenters. The van der Waals surface area contributed by atoms with Gasteiger partial charge < -0.3 is 15.1 Å². The third kappa shape index (κ3) is 4.68. The summed E-state index contributed by atoms with van der Waals surface area (Å²) in [4.78, 5) is 27.7. The van der Waals surface area contributed by atoms with Crippen LogP contribution in [0.15, 0.2) is 68.7 Å². The van der Waals surface area contributed by atoms with E-state index < -0.39 is 7.75 Å². The van der Waals surface area contributed by atoms with E-state index in [4.69, 9.17) is 5.10 Å². The van der Waals surface area contributed by atoms with Crippen LogP contribution >= 0.6 is 7.75 Å². The van der Waals surface area contributed by atoms with Crippen LogP contribution < -0.4 is 10.7 Å². The van der Waals surface area contributed by atoms with Crippen LogP contribution in [0.1, 0.15) is 18.1 Å². The lowest BCUT2D eigenvalue weighted by molar-refractivity contribution is 0.320. The van der Waals surface area contributed by atoms with Gasteiger partial charge in [0, 0.05) is 24.2 Å². The number of guanidine groups is 2. The summed E-state index contributed by atoms with van der Waals surface area (Å²) >= 11 is 0. The largest absolute Gasteiger partial charge is 0.432 e. The summed E-state index contributed by atoms with van der Waals surface area (Å²) in [5.74, 6) is 0.830. The fraction of sp³-hybridized carbons (Fsp3) is 0.250. The highest BCUT2D eigenvalue weighted by Gasteiger charge is 2.31. The first-order valence-electron chi connectivity index (χ1n) is 11.7. The van der Waals surface area contributed by atoms with Gasteiger partial charge in [-0.05, 0) is 28.5 Å². The molecule has 3 aromatic carbocycles. The van der Waals surface area contributed by atoms with Gasteiger partial charge in [-0.1, -0.05) is 48.5 Å². The predicted molar refractivity (Wildman–Crippen MR) is 144 cm³/mol. The zero-order valence-electron chi connectivity index (χ0n) is 19.7. The number of nitrogens with zero attached hydrogens (tertiary/aromatic N) is 6. The minimum Gasteiger partial charge on any atom is -0.353 e. The van der Waals surface area contributed by atoms with Crippen LogP contribution in [0, 0.1) is 0 Å². The fourth-order valence-electron chi connectivity index (χ4n) is 4.39. The van der Waals surface area contributed by atoms with Gasteiger partial charge in [0.1, 0.15) is 0 Å². The lowest BCUT2D eigenvalue weighted by Crippen LogP contribution is -2.34. The number of nitrogens with one attached hydrogen (secondary N) is 2. The van der Waals surface area contributed by atoms with Crippen molar-refractivity contribution < 1.29 is 14.4 Å². The highest BCUT2D eigenvalue weighted by atomic mass is 31.2. The number of hydrogen-bond acceptors (Lipinski definition) is 8. The minimum atomic E-state index is -4.46. The van der Waals surface area contributed by atoms with E-state index in [1.807, 2.05) is 66.7 Å². The third-order valence-electron chi connectivity index (χ3n) is 6.03. The molecule has 12 heteroatoms. The number of hydrogen-bond donors (Lipinski definition) is 4. The molecular formula is C24H27N8O3P. The highest BCUT2D eigenvalue weighted by Crippen LogP contribution is 2.41. The van der Waals surface area contributed by atoms with E-state index in [1.54, 1.807) is 6.21 Å². The van der Waals surface area contributed by atoms with E-state index in [1.165, 1.54) is 0 Å². The van der Waals surface area contributed by atoms with Gasteiger partial charge >= 0.3 is 7.75 Å². The predicted octanol–water partition coefficient (Wildman–Crippen LogP) is 2.30. The molecule has 36 heavy (non-hydrogen) atoms. The molecule has 0 saturated carbocycles. The van der Waals surface area contributed by atoms with Crippen LogP contribution in [0.2, 0.25) is 0 Å². The average molecular weight is 507 g/mol. The van der Waals surface area contributed by atoms with Gasteiger partial charge in [-0.2, -0.15) is 10.2 Å². The van der Waals surface area contributed by atoms with E-state index >= 15 is 0 Å². The number of rotatable bonds is 6. The van der Waals surface area contributed by atoms with Gasteiger partial charge in [0.15, 0.2) is 0 Å². The van der Waals surface area contributed by atoms with Gasteiger partial charge in [0.25, 0.3) is 0 Å². The van der Waals surface area contributed by atoms with Crippen molar-refractivity contribution in [3.05, 3.63) is 59.7 Å². The Hall–Kier alpha value is -3.79. The van der Waals surface area contributed by atoms with Gasteiger partial charge in [0.05, 0.1) is 32.1 Å². The summed E-state index contributed by atoms with van der Waals surface area (Å²) in [5.41, 5.74) is 4.57. The SMILES string of the molecule is CCN(N=Cc1c2ccccc2c(C=NNC2=NCCN2P(=O)(O)O)c2ccccc12)C1=NCCN1. The zero-order chi connectivity index (χ0) is 25.1. The van der Waals surface area contributed by atoms with Crippen LogP contribution in [0.4, 0.5) is 0 Å². The third-order valence-corrected chi connectivity index (χ3v) is 7.05. The van der Waals surface area contributed by atoms with E-state index in [0.717, 1.165) is 56.4 Å². The Bertz CT molecular complexity index is 1410. The maximum atomic E-state index is 11.7. The Labute approximate surface area is 208 Å². The van der Waals surface area contributed by atoms with Crippen molar-refractivity contribution in [3.63, 3.8) is 0 Å². The maximum Gasteiger partial charge on any atom is 0.432 e. The molecule has 0 bridgehead atoms. The molecule has 2 aliphatic heterocycles. The maximum absolute atomic E-state index is 11.7. The lowest BCUT2D eigenvalue weighted by atomic mass is 9.92. The topological polar surface area (TPSA) is 138 Å². The summed E-state index contributed by atoms with van der Waals surface area (Å²) in [6.07, 6.45) is 3.54. The summed E-state index contributed by atoms with van der Waals surface area (Å²) in [5, 5.41) is 18.1. The van der Waals surface area contributed by atoms with Crippen molar-refractivity contribution in [2.75, 3.05) is 32.7 Å². The Balaban J connectivity index is 1.55. The van der Waals surface area contributed by atoms with Crippen LogP contribution in [0.25, 0.3) is 21.5 Å². The van der Waals surface area contributed by atoms with Crippen molar-refractivity contribution >= 4 is 53.6 Å². The lowest BCUT2D eigenvalue weighted by Gasteiger charge is -2.19. The van der Waals surface area contributed by atoms with Crippen molar-refractivity contribution in [2.24, 2.45) is 20.2 Å². The number of hydrazone groups is 2. The Kier molecular flexibility index (Phi) is 6.69. The average Bonchev–Trinajstić information content (AvgIpc) is 3.58. The molecule has 4 N–H and O–H groups in total. The summed E-state index contributed by atoms with van der Waals surface area (Å²) in [6.45, 7) is 4.70. The molecule has 2 aliphatic rings.